The number of aliphatic hydroxyl groups is 1. The zero-order chi connectivity index (χ0) is 16.0. The van der Waals surface area contributed by atoms with Crippen molar-refractivity contribution in [3.05, 3.63) is 42.6 Å². The second-order valence-corrected chi connectivity index (χ2v) is 6.03. The number of hydrogen-bond donors (Lipinski definition) is 1. The normalized spacial score (nSPS) is 11.9. The van der Waals surface area contributed by atoms with E-state index in [2.05, 4.69) is 26.8 Å². The van der Waals surface area contributed by atoms with Crippen LogP contribution in [0.5, 0.6) is 0 Å². The van der Waals surface area contributed by atoms with Gasteiger partial charge < -0.3 is 10.0 Å². The molecule has 2 heterocycles. The van der Waals surface area contributed by atoms with Gasteiger partial charge in [0.25, 0.3) is 0 Å². The van der Waals surface area contributed by atoms with E-state index in [0.29, 0.717) is 6.54 Å². The molecule has 0 saturated heterocycles. The summed E-state index contributed by atoms with van der Waals surface area (Å²) in [5.74, 6) is 0.815. The molecule has 0 atom stereocenters. The van der Waals surface area contributed by atoms with E-state index >= 15 is 0 Å². The molecule has 5 nitrogen and oxygen atoms in total. The van der Waals surface area contributed by atoms with Crippen LogP contribution in [0.2, 0.25) is 0 Å². The lowest BCUT2D eigenvalue weighted by Crippen LogP contribution is -2.39. The monoisotopic (exact) mass is 300 g/mol. The van der Waals surface area contributed by atoms with Crippen molar-refractivity contribution in [1.82, 2.24) is 19.9 Å². The zero-order valence-electron chi connectivity index (χ0n) is 13.5. The maximum atomic E-state index is 9.93. The summed E-state index contributed by atoms with van der Waals surface area (Å²) < 4.78 is 0. The molecule has 0 amide bonds. The van der Waals surface area contributed by atoms with Crippen LogP contribution in [0.4, 0.5) is 0 Å². The van der Waals surface area contributed by atoms with Gasteiger partial charge in [-0.15, -0.1) is 0 Å². The average Bonchev–Trinajstić information content (AvgIpc) is 2.51. The van der Waals surface area contributed by atoms with E-state index in [-0.39, 0.29) is 0 Å². The summed E-state index contributed by atoms with van der Waals surface area (Å²) in [6.45, 7) is 8.12. The summed E-state index contributed by atoms with van der Waals surface area (Å²) in [4.78, 5) is 15.3. The van der Waals surface area contributed by atoms with Gasteiger partial charge in [0.05, 0.1) is 11.3 Å². The first-order chi connectivity index (χ1) is 10.5. The van der Waals surface area contributed by atoms with Crippen molar-refractivity contribution >= 4 is 0 Å². The number of aromatic nitrogens is 3. The van der Waals surface area contributed by atoms with E-state index < -0.39 is 5.60 Å². The average molecular weight is 300 g/mol. The molecule has 5 heteroatoms. The van der Waals surface area contributed by atoms with Gasteiger partial charge in [-0.2, -0.15) is 0 Å². The molecule has 0 saturated carbocycles. The van der Waals surface area contributed by atoms with Gasteiger partial charge in [-0.1, -0.05) is 6.92 Å². The quantitative estimate of drug-likeness (QED) is 0.849. The van der Waals surface area contributed by atoms with Crippen molar-refractivity contribution in [2.45, 2.75) is 32.8 Å². The van der Waals surface area contributed by atoms with Gasteiger partial charge in [-0.05, 0) is 38.6 Å². The zero-order valence-corrected chi connectivity index (χ0v) is 13.5. The lowest BCUT2D eigenvalue weighted by atomic mass is 10.1. The Hall–Kier alpha value is -1.85. The third-order valence-corrected chi connectivity index (χ3v) is 3.37. The highest BCUT2D eigenvalue weighted by molar-refractivity contribution is 5.56. The predicted octanol–water partition coefficient (Wildman–Crippen LogP) is 2.17. The van der Waals surface area contributed by atoms with Crippen LogP contribution in [0.3, 0.4) is 0 Å². The Morgan fingerprint density at radius 3 is 2.68 bits per heavy atom. The Morgan fingerprint density at radius 1 is 1.23 bits per heavy atom. The van der Waals surface area contributed by atoms with Crippen molar-refractivity contribution < 1.29 is 5.11 Å². The van der Waals surface area contributed by atoms with E-state index in [1.54, 1.807) is 18.6 Å². The highest BCUT2D eigenvalue weighted by atomic mass is 16.3. The van der Waals surface area contributed by atoms with Crippen LogP contribution >= 0.6 is 0 Å². The lowest BCUT2D eigenvalue weighted by Gasteiger charge is -2.27. The summed E-state index contributed by atoms with van der Waals surface area (Å²) in [6.07, 6.45) is 6.11. The third-order valence-electron chi connectivity index (χ3n) is 3.37. The summed E-state index contributed by atoms with van der Waals surface area (Å²) >= 11 is 0. The topological polar surface area (TPSA) is 62.1 Å². The summed E-state index contributed by atoms with van der Waals surface area (Å²) in [6, 6.07) is 5.79. The molecule has 0 fully saturated rings. The Labute approximate surface area is 132 Å². The van der Waals surface area contributed by atoms with E-state index in [1.165, 1.54) is 0 Å². The lowest BCUT2D eigenvalue weighted by molar-refractivity contribution is 0.0381. The largest absolute Gasteiger partial charge is 0.389 e. The third kappa shape index (κ3) is 5.16. The molecular formula is C17H24N4O. The van der Waals surface area contributed by atoms with Crippen molar-refractivity contribution in [2.75, 3.05) is 19.6 Å². The van der Waals surface area contributed by atoms with E-state index in [9.17, 15) is 5.11 Å². The standard InChI is InChI=1S/C17H24N4O/c1-4-21(13-17(2,3)22)11-8-16-19-10-7-15(20-16)14-6-5-9-18-12-14/h5-7,9-10,12,22H,4,8,11,13H2,1-3H3. The summed E-state index contributed by atoms with van der Waals surface area (Å²) in [7, 11) is 0. The molecular weight excluding hydrogens is 276 g/mol. The first kappa shape index (κ1) is 16.5. The SMILES string of the molecule is CCN(CCc1nccc(-c2cccnc2)n1)CC(C)(C)O. The van der Waals surface area contributed by atoms with Crippen LogP contribution < -0.4 is 0 Å². The van der Waals surface area contributed by atoms with Crippen molar-refractivity contribution in [3.63, 3.8) is 0 Å². The molecule has 0 spiro atoms. The van der Waals surface area contributed by atoms with Crippen molar-refractivity contribution in [3.8, 4) is 11.3 Å². The molecule has 22 heavy (non-hydrogen) atoms. The molecule has 0 aromatic carbocycles. The van der Waals surface area contributed by atoms with Crippen LogP contribution in [0.15, 0.2) is 36.8 Å². The highest BCUT2D eigenvalue weighted by Gasteiger charge is 2.17. The molecule has 2 aromatic heterocycles. The molecule has 0 unspecified atom stereocenters. The van der Waals surface area contributed by atoms with Gasteiger partial charge in [0.1, 0.15) is 5.82 Å². The number of nitrogens with zero attached hydrogens (tertiary/aromatic N) is 4. The van der Waals surface area contributed by atoms with Gasteiger partial charge in [0, 0.05) is 43.7 Å². The number of pyridine rings is 1. The molecule has 0 aliphatic heterocycles. The summed E-state index contributed by atoms with van der Waals surface area (Å²) in [5.41, 5.74) is 1.20. The van der Waals surface area contributed by atoms with Crippen molar-refractivity contribution in [2.24, 2.45) is 0 Å². The van der Waals surface area contributed by atoms with Crippen LogP contribution in [-0.2, 0) is 6.42 Å². The van der Waals surface area contributed by atoms with Gasteiger partial charge in [-0.3, -0.25) is 4.98 Å². The maximum Gasteiger partial charge on any atom is 0.130 e. The smallest absolute Gasteiger partial charge is 0.130 e. The Bertz CT molecular complexity index is 581. The molecule has 2 rings (SSSR count). The molecule has 118 valence electrons. The van der Waals surface area contributed by atoms with Gasteiger partial charge in [0.15, 0.2) is 0 Å². The van der Waals surface area contributed by atoms with Crippen LogP contribution in [0.1, 0.15) is 26.6 Å². The van der Waals surface area contributed by atoms with Crippen LogP contribution in [0, 0.1) is 0 Å². The fourth-order valence-electron chi connectivity index (χ4n) is 2.35. The minimum absolute atomic E-state index is 0.645. The van der Waals surface area contributed by atoms with Gasteiger partial charge in [-0.25, -0.2) is 9.97 Å². The molecule has 1 N–H and O–H groups in total. The van der Waals surface area contributed by atoms with E-state index in [1.807, 2.05) is 32.0 Å². The second kappa shape index (κ2) is 7.42. The Morgan fingerprint density at radius 2 is 2.05 bits per heavy atom. The fraction of sp³-hybridized carbons (Fsp3) is 0.471. The second-order valence-electron chi connectivity index (χ2n) is 6.03. The Balaban J connectivity index is 2.01. The highest BCUT2D eigenvalue weighted by Crippen LogP contribution is 2.14. The predicted molar refractivity (Wildman–Crippen MR) is 87.4 cm³/mol. The summed E-state index contributed by atoms with van der Waals surface area (Å²) in [5, 5.41) is 9.93. The number of hydrogen-bond acceptors (Lipinski definition) is 5. The minimum atomic E-state index is -0.686. The van der Waals surface area contributed by atoms with E-state index in [0.717, 1.165) is 36.6 Å². The molecule has 0 aliphatic rings. The maximum absolute atomic E-state index is 9.93. The number of rotatable bonds is 7. The van der Waals surface area contributed by atoms with Crippen LogP contribution in [-0.4, -0.2) is 50.2 Å². The van der Waals surface area contributed by atoms with Crippen LogP contribution in [0.25, 0.3) is 11.3 Å². The Kier molecular flexibility index (Phi) is 5.57. The molecule has 0 aliphatic carbocycles. The molecule has 0 bridgehead atoms. The van der Waals surface area contributed by atoms with Crippen molar-refractivity contribution in [1.29, 1.82) is 0 Å². The van der Waals surface area contributed by atoms with E-state index in [4.69, 9.17) is 0 Å². The minimum Gasteiger partial charge on any atom is -0.389 e. The fourth-order valence-corrected chi connectivity index (χ4v) is 2.35. The first-order valence-electron chi connectivity index (χ1n) is 7.65. The van der Waals surface area contributed by atoms with Gasteiger partial charge in [0.2, 0.25) is 0 Å². The molecule has 0 radical (unpaired) electrons. The number of likely N-dealkylation sites (N-methyl/N-ethyl adjacent to an activating group) is 1. The van der Waals surface area contributed by atoms with Gasteiger partial charge >= 0.3 is 0 Å². The molecule has 2 aromatic rings. The first-order valence-corrected chi connectivity index (χ1v) is 7.65.